The van der Waals surface area contributed by atoms with Gasteiger partial charge >= 0.3 is 0 Å². The summed E-state index contributed by atoms with van der Waals surface area (Å²) >= 11 is 8.79. The number of aromatic nitrogens is 2. The van der Waals surface area contributed by atoms with E-state index >= 15 is 0 Å². The minimum Gasteiger partial charge on any atom is -0.357 e. The van der Waals surface area contributed by atoms with Gasteiger partial charge in [0.1, 0.15) is 0 Å². The molecule has 1 heterocycles. The van der Waals surface area contributed by atoms with Crippen molar-refractivity contribution in [3.8, 4) is 0 Å². The lowest BCUT2D eigenvalue weighted by atomic mass is 10.3. The van der Waals surface area contributed by atoms with E-state index in [0.29, 0.717) is 22.4 Å². The summed E-state index contributed by atoms with van der Waals surface area (Å²) in [5, 5.41) is 14.8. The second kappa shape index (κ2) is 8.17. The van der Waals surface area contributed by atoms with Crippen LogP contribution in [0.25, 0.3) is 0 Å². The normalized spacial score (nSPS) is 11.7. The van der Waals surface area contributed by atoms with Crippen molar-refractivity contribution in [2.75, 3.05) is 17.2 Å². The summed E-state index contributed by atoms with van der Waals surface area (Å²) in [5.74, 6) is -0.131. The van der Waals surface area contributed by atoms with Gasteiger partial charge in [-0.3, -0.25) is 4.79 Å². The molecule has 0 bridgehead atoms. The van der Waals surface area contributed by atoms with Crippen molar-refractivity contribution in [3.63, 3.8) is 0 Å². The first-order valence-corrected chi connectivity index (χ1v) is 8.58. The third-order valence-corrected chi connectivity index (χ3v) is 4.98. The maximum atomic E-state index is 12.2. The molecular formula is C14H15ClN4OS2. The Kier molecular flexibility index (Phi) is 6.23. The van der Waals surface area contributed by atoms with Gasteiger partial charge in [-0.15, -0.1) is 16.8 Å². The molecule has 2 aromatic rings. The standard InChI is InChI=1S/C14H15ClN4OS2/c1-3-8-16-13-18-19-14(22-13)21-9(2)12(20)17-11-7-5-4-6-10(11)15/h3-7,9H,1,8H2,2H3,(H,16,18)(H,17,20)/t9-/m1/s1. The molecule has 0 aliphatic rings. The van der Waals surface area contributed by atoms with Crippen molar-refractivity contribution in [3.05, 3.63) is 41.9 Å². The number of rotatable bonds is 7. The Balaban J connectivity index is 1.92. The number of nitrogens with zero attached hydrogens (tertiary/aromatic N) is 2. The van der Waals surface area contributed by atoms with Gasteiger partial charge in [-0.2, -0.15) is 0 Å². The van der Waals surface area contributed by atoms with Crippen molar-refractivity contribution >= 4 is 51.4 Å². The summed E-state index contributed by atoms with van der Waals surface area (Å²) in [6, 6.07) is 7.13. The lowest BCUT2D eigenvalue weighted by molar-refractivity contribution is -0.115. The topological polar surface area (TPSA) is 66.9 Å². The van der Waals surface area contributed by atoms with E-state index in [1.165, 1.54) is 23.1 Å². The fourth-order valence-electron chi connectivity index (χ4n) is 1.49. The quantitative estimate of drug-likeness (QED) is 0.583. The van der Waals surface area contributed by atoms with E-state index in [2.05, 4.69) is 27.4 Å². The number of amides is 1. The second-order valence-corrected chi connectivity index (χ2v) is 7.24. The number of hydrogen-bond acceptors (Lipinski definition) is 6. The van der Waals surface area contributed by atoms with Gasteiger partial charge in [-0.05, 0) is 19.1 Å². The van der Waals surface area contributed by atoms with Crippen LogP contribution in [0.2, 0.25) is 5.02 Å². The molecule has 2 rings (SSSR count). The highest BCUT2D eigenvalue weighted by Crippen LogP contribution is 2.30. The zero-order chi connectivity index (χ0) is 15.9. The molecule has 1 amide bonds. The molecule has 2 N–H and O–H groups in total. The van der Waals surface area contributed by atoms with Crippen LogP contribution in [0.15, 0.2) is 41.3 Å². The second-order valence-electron chi connectivity index (χ2n) is 4.27. The molecule has 0 fully saturated rings. The van der Waals surface area contributed by atoms with Crippen LogP contribution in [0, 0.1) is 0 Å². The van der Waals surface area contributed by atoms with Gasteiger partial charge in [0.25, 0.3) is 0 Å². The smallest absolute Gasteiger partial charge is 0.237 e. The third kappa shape index (κ3) is 4.72. The van der Waals surface area contributed by atoms with E-state index in [0.717, 1.165) is 4.34 Å². The first-order chi connectivity index (χ1) is 10.6. The fourth-order valence-corrected chi connectivity index (χ4v) is 3.58. The Labute approximate surface area is 142 Å². The number of carbonyl (C=O) groups is 1. The zero-order valence-electron chi connectivity index (χ0n) is 11.9. The summed E-state index contributed by atoms with van der Waals surface area (Å²) in [6.45, 7) is 6.07. The molecule has 22 heavy (non-hydrogen) atoms. The molecule has 0 saturated heterocycles. The SMILES string of the molecule is C=CCNc1nnc(S[C@H](C)C(=O)Nc2ccccc2Cl)s1. The van der Waals surface area contributed by atoms with E-state index in [1.807, 2.05) is 19.1 Å². The monoisotopic (exact) mass is 354 g/mol. The average Bonchev–Trinajstić information content (AvgIpc) is 2.94. The van der Waals surface area contributed by atoms with Crippen molar-refractivity contribution in [1.82, 2.24) is 10.2 Å². The van der Waals surface area contributed by atoms with Crippen LogP contribution < -0.4 is 10.6 Å². The number of thioether (sulfide) groups is 1. The first kappa shape index (κ1) is 16.8. The molecule has 0 aliphatic carbocycles. The van der Waals surface area contributed by atoms with Crippen molar-refractivity contribution < 1.29 is 4.79 Å². The maximum absolute atomic E-state index is 12.2. The molecule has 0 unspecified atom stereocenters. The lowest BCUT2D eigenvalue weighted by Crippen LogP contribution is -2.22. The van der Waals surface area contributed by atoms with Crippen LogP contribution >= 0.6 is 34.7 Å². The summed E-state index contributed by atoms with van der Waals surface area (Å²) in [6.07, 6.45) is 1.74. The number of para-hydroxylation sites is 1. The molecule has 1 aromatic carbocycles. The van der Waals surface area contributed by atoms with Gasteiger partial charge in [0, 0.05) is 6.54 Å². The van der Waals surface area contributed by atoms with Gasteiger partial charge in [-0.1, -0.05) is 52.9 Å². The van der Waals surface area contributed by atoms with E-state index in [4.69, 9.17) is 11.6 Å². The Bertz CT molecular complexity index is 662. The molecule has 116 valence electrons. The number of benzene rings is 1. The van der Waals surface area contributed by atoms with Gasteiger partial charge < -0.3 is 10.6 Å². The molecule has 0 spiro atoms. The van der Waals surface area contributed by atoms with Crippen LogP contribution in [-0.4, -0.2) is 27.9 Å². The maximum Gasteiger partial charge on any atom is 0.237 e. The lowest BCUT2D eigenvalue weighted by Gasteiger charge is -2.11. The number of anilines is 2. The van der Waals surface area contributed by atoms with Gasteiger partial charge in [0.2, 0.25) is 11.0 Å². The predicted octanol–water partition coefficient (Wildman–Crippen LogP) is 3.91. The highest BCUT2D eigenvalue weighted by atomic mass is 35.5. The van der Waals surface area contributed by atoms with Crippen LogP contribution in [0.1, 0.15) is 6.92 Å². The van der Waals surface area contributed by atoms with Gasteiger partial charge in [0.15, 0.2) is 4.34 Å². The third-order valence-electron chi connectivity index (χ3n) is 2.58. The van der Waals surface area contributed by atoms with E-state index in [-0.39, 0.29) is 11.2 Å². The minimum absolute atomic E-state index is 0.131. The highest BCUT2D eigenvalue weighted by Gasteiger charge is 2.18. The number of carbonyl (C=O) groups excluding carboxylic acids is 1. The molecule has 0 aliphatic heterocycles. The molecular weight excluding hydrogens is 340 g/mol. The van der Waals surface area contributed by atoms with E-state index < -0.39 is 0 Å². The number of halogens is 1. The molecule has 1 aromatic heterocycles. The zero-order valence-corrected chi connectivity index (χ0v) is 14.3. The van der Waals surface area contributed by atoms with Crippen LogP contribution in [0.3, 0.4) is 0 Å². The summed E-state index contributed by atoms with van der Waals surface area (Å²) in [7, 11) is 0. The fraction of sp³-hybridized carbons (Fsp3) is 0.214. The predicted molar refractivity (Wildman–Crippen MR) is 94.0 cm³/mol. The van der Waals surface area contributed by atoms with Crippen molar-refractivity contribution in [2.45, 2.75) is 16.5 Å². The first-order valence-electron chi connectivity index (χ1n) is 6.50. The number of hydrogen-bond donors (Lipinski definition) is 2. The minimum atomic E-state index is -0.309. The van der Waals surface area contributed by atoms with E-state index in [9.17, 15) is 4.79 Å². The van der Waals surface area contributed by atoms with Crippen LogP contribution in [0.4, 0.5) is 10.8 Å². The molecule has 5 nitrogen and oxygen atoms in total. The van der Waals surface area contributed by atoms with Crippen molar-refractivity contribution in [1.29, 1.82) is 0 Å². The van der Waals surface area contributed by atoms with Gasteiger partial charge in [-0.25, -0.2) is 0 Å². The summed E-state index contributed by atoms with van der Waals surface area (Å²) in [4.78, 5) is 12.2. The summed E-state index contributed by atoms with van der Waals surface area (Å²) < 4.78 is 0.730. The molecule has 1 atom stereocenters. The Hall–Kier alpha value is -1.57. The van der Waals surface area contributed by atoms with Crippen LogP contribution in [0.5, 0.6) is 0 Å². The molecule has 0 saturated carbocycles. The van der Waals surface area contributed by atoms with Gasteiger partial charge in [0.05, 0.1) is 16.0 Å². The largest absolute Gasteiger partial charge is 0.357 e. The molecule has 8 heteroatoms. The Morgan fingerprint density at radius 2 is 2.27 bits per heavy atom. The number of nitrogens with one attached hydrogen (secondary N) is 2. The van der Waals surface area contributed by atoms with E-state index in [1.54, 1.807) is 18.2 Å². The average molecular weight is 355 g/mol. The Morgan fingerprint density at radius 1 is 1.50 bits per heavy atom. The van der Waals surface area contributed by atoms with Crippen molar-refractivity contribution in [2.24, 2.45) is 0 Å². The summed E-state index contributed by atoms with van der Waals surface area (Å²) in [5.41, 5.74) is 0.604. The van der Waals surface area contributed by atoms with Crippen LogP contribution in [-0.2, 0) is 4.79 Å². The molecule has 0 radical (unpaired) electrons. The Morgan fingerprint density at radius 3 is 3.00 bits per heavy atom. The highest BCUT2D eigenvalue weighted by molar-refractivity contribution is 8.02.